The van der Waals surface area contributed by atoms with E-state index in [1.165, 1.54) is 19.2 Å². The number of para-hydroxylation sites is 2. The molecule has 0 spiro atoms. The summed E-state index contributed by atoms with van der Waals surface area (Å²) in [5, 5.41) is 1.57. The molecule has 1 heterocycles. The van der Waals surface area contributed by atoms with E-state index in [0.29, 0.717) is 30.1 Å². The van der Waals surface area contributed by atoms with Crippen LogP contribution in [0.15, 0.2) is 48.5 Å². The number of methoxy groups -OCH3 is 1. The Morgan fingerprint density at radius 3 is 2.26 bits per heavy atom. The maximum absolute atomic E-state index is 13.4. The van der Waals surface area contributed by atoms with E-state index in [4.69, 9.17) is 4.74 Å². The van der Waals surface area contributed by atoms with Crippen molar-refractivity contribution in [1.82, 2.24) is 10.2 Å². The Balaban J connectivity index is 1.76. The van der Waals surface area contributed by atoms with Gasteiger partial charge in [0.05, 0.1) is 25.9 Å². The number of hydrogen-bond acceptors (Lipinski definition) is 4. The van der Waals surface area contributed by atoms with Gasteiger partial charge in [0.2, 0.25) is 0 Å². The summed E-state index contributed by atoms with van der Waals surface area (Å²) in [4.78, 5) is 39.9. The minimum atomic E-state index is -5.05. The zero-order valence-corrected chi connectivity index (χ0v) is 18.7. The van der Waals surface area contributed by atoms with Crippen molar-refractivity contribution in [3.05, 3.63) is 59.7 Å². The first kappa shape index (κ1) is 25.1. The van der Waals surface area contributed by atoms with Crippen molar-refractivity contribution in [2.75, 3.05) is 31.6 Å². The topological polar surface area (TPSA) is 79.0 Å². The number of rotatable bonds is 7. The number of amides is 3. The molecule has 2 aromatic rings. The average Bonchev–Trinajstić information content (AvgIpc) is 2.85. The number of halogens is 3. The van der Waals surface area contributed by atoms with Crippen molar-refractivity contribution in [3.63, 3.8) is 0 Å². The van der Waals surface area contributed by atoms with Gasteiger partial charge in [-0.1, -0.05) is 36.4 Å². The van der Waals surface area contributed by atoms with Crippen molar-refractivity contribution in [2.45, 2.75) is 32.0 Å². The molecule has 1 saturated heterocycles. The summed E-state index contributed by atoms with van der Waals surface area (Å²) in [5.74, 6) is -2.28. The highest BCUT2D eigenvalue weighted by Gasteiger charge is 2.38. The van der Waals surface area contributed by atoms with Crippen LogP contribution in [0.2, 0.25) is 0 Å². The fourth-order valence-electron chi connectivity index (χ4n) is 3.71. The highest BCUT2D eigenvalue weighted by Crippen LogP contribution is 2.30. The van der Waals surface area contributed by atoms with Gasteiger partial charge < -0.3 is 15.0 Å². The summed E-state index contributed by atoms with van der Waals surface area (Å²) in [6.45, 7) is 0.774. The van der Waals surface area contributed by atoms with E-state index in [9.17, 15) is 27.6 Å². The van der Waals surface area contributed by atoms with Gasteiger partial charge in [-0.3, -0.25) is 14.5 Å². The lowest BCUT2D eigenvalue weighted by atomic mass is 10.1. The number of carbonyl (C=O) groups excluding carboxylic acids is 3. The number of ether oxygens (including phenoxy) is 1. The summed E-state index contributed by atoms with van der Waals surface area (Å²) < 4.78 is 42.4. The van der Waals surface area contributed by atoms with Crippen LogP contribution >= 0.6 is 0 Å². The maximum Gasteiger partial charge on any atom is 0.471 e. The Kier molecular flexibility index (Phi) is 8.14. The van der Waals surface area contributed by atoms with Crippen LogP contribution in [0.4, 0.5) is 23.7 Å². The number of carbonyl (C=O) groups is 3. The molecule has 182 valence electrons. The second-order valence-corrected chi connectivity index (χ2v) is 7.89. The average molecular weight is 477 g/mol. The normalized spacial score (nSPS) is 13.8. The van der Waals surface area contributed by atoms with Crippen LogP contribution < -0.4 is 15.0 Å². The van der Waals surface area contributed by atoms with Crippen LogP contribution in [0.3, 0.4) is 0 Å². The minimum Gasteiger partial charge on any atom is -0.495 e. The summed E-state index contributed by atoms with van der Waals surface area (Å²) >= 11 is 0. The first-order chi connectivity index (χ1) is 16.2. The fraction of sp³-hybridized carbons (Fsp3) is 0.375. The van der Waals surface area contributed by atoms with E-state index in [-0.39, 0.29) is 18.1 Å². The molecule has 34 heavy (non-hydrogen) atoms. The molecule has 2 aromatic carbocycles. The third-order valence-corrected chi connectivity index (χ3v) is 5.52. The van der Waals surface area contributed by atoms with E-state index >= 15 is 0 Å². The molecular weight excluding hydrogens is 451 g/mol. The standard InChI is InChI=1S/C24H26F3N3O4/c1-34-21-8-4-3-7-19(21)30(23(33)29-13-5-2-6-14-29)16-17-9-11-18(12-10-17)20(31)15-28-22(32)24(25,26)27/h3-4,7-12H,2,5-6,13-16H2,1H3,(H,28,32). The van der Waals surface area contributed by atoms with Gasteiger partial charge in [0.1, 0.15) is 5.75 Å². The molecule has 0 aliphatic carbocycles. The van der Waals surface area contributed by atoms with Crippen molar-refractivity contribution >= 4 is 23.4 Å². The van der Waals surface area contributed by atoms with Gasteiger partial charge in [-0.25, -0.2) is 4.79 Å². The maximum atomic E-state index is 13.4. The first-order valence-electron chi connectivity index (χ1n) is 10.9. The Hall–Kier alpha value is -3.56. The number of alkyl halides is 3. The lowest BCUT2D eigenvalue weighted by Crippen LogP contribution is -2.45. The van der Waals surface area contributed by atoms with Crippen molar-refractivity contribution in [1.29, 1.82) is 0 Å². The number of hydrogen-bond donors (Lipinski definition) is 1. The number of nitrogens with one attached hydrogen (secondary N) is 1. The predicted octanol–water partition coefficient (Wildman–Crippen LogP) is 4.17. The Bertz CT molecular complexity index is 1020. The first-order valence-corrected chi connectivity index (χ1v) is 10.9. The number of Topliss-reactive ketones (excluding diaryl/α,β-unsaturated/α-hetero) is 1. The zero-order valence-electron chi connectivity index (χ0n) is 18.7. The third kappa shape index (κ3) is 6.27. The van der Waals surface area contributed by atoms with E-state index in [0.717, 1.165) is 19.3 Å². The molecular formula is C24H26F3N3O4. The van der Waals surface area contributed by atoms with E-state index < -0.39 is 24.4 Å². The largest absolute Gasteiger partial charge is 0.495 e. The number of urea groups is 1. The molecule has 0 atom stereocenters. The van der Waals surface area contributed by atoms with Crippen LogP contribution in [0.25, 0.3) is 0 Å². The molecule has 0 bridgehead atoms. The summed E-state index contributed by atoms with van der Waals surface area (Å²) in [6, 6.07) is 13.2. The van der Waals surface area contributed by atoms with Gasteiger partial charge in [0, 0.05) is 18.7 Å². The fourth-order valence-corrected chi connectivity index (χ4v) is 3.71. The summed E-state index contributed by atoms with van der Waals surface area (Å²) in [6.07, 6.45) is -2.09. The van der Waals surface area contributed by atoms with Crippen LogP contribution in [-0.4, -0.2) is 55.5 Å². The van der Waals surface area contributed by atoms with Crippen LogP contribution in [-0.2, 0) is 11.3 Å². The number of likely N-dealkylation sites (tertiary alicyclic amines) is 1. The zero-order chi connectivity index (χ0) is 24.7. The van der Waals surface area contributed by atoms with Gasteiger partial charge >= 0.3 is 18.1 Å². The smallest absolute Gasteiger partial charge is 0.471 e. The number of nitrogens with zero attached hydrogens (tertiary/aromatic N) is 2. The molecule has 0 saturated carbocycles. The van der Waals surface area contributed by atoms with Gasteiger partial charge in [-0.15, -0.1) is 0 Å². The van der Waals surface area contributed by atoms with E-state index in [1.807, 2.05) is 12.1 Å². The van der Waals surface area contributed by atoms with Crippen LogP contribution in [0.5, 0.6) is 5.75 Å². The van der Waals surface area contributed by atoms with Crippen molar-refractivity contribution < 1.29 is 32.3 Å². The molecule has 1 aliphatic rings. The molecule has 0 unspecified atom stereocenters. The quantitative estimate of drug-likeness (QED) is 0.608. The van der Waals surface area contributed by atoms with Crippen molar-refractivity contribution in [2.24, 2.45) is 0 Å². The Morgan fingerprint density at radius 2 is 1.65 bits per heavy atom. The Morgan fingerprint density at radius 1 is 1.00 bits per heavy atom. The Labute approximate surface area is 195 Å². The molecule has 7 nitrogen and oxygen atoms in total. The monoisotopic (exact) mass is 477 g/mol. The highest BCUT2D eigenvalue weighted by atomic mass is 19.4. The lowest BCUT2D eigenvalue weighted by Gasteiger charge is -2.33. The van der Waals surface area contributed by atoms with Gasteiger partial charge in [0.25, 0.3) is 0 Å². The third-order valence-electron chi connectivity index (χ3n) is 5.52. The summed E-state index contributed by atoms with van der Waals surface area (Å²) in [5.41, 5.74) is 1.47. The number of piperidine rings is 1. The predicted molar refractivity (Wildman–Crippen MR) is 120 cm³/mol. The minimum absolute atomic E-state index is 0.150. The number of benzene rings is 2. The molecule has 3 amide bonds. The molecule has 3 rings (SSSR count). The molecule has 10 heteroatoms. The lowest BCUT2D eigenvalue weighted by molar-refractivity contribution is -0.173. The van der Waals surface area contributed by atoms with Crippen molar-refractivity contribution in [3.8, 4) is 5.75 Å². The SMILES string of the molecule is COc1ccccc1N(Cc1ccc(C(=O)CNC(=O)C(F)(F)F)cc1)C(=O)N1CCCCC1. The van der Waals surface area contributed by atoms with E-state index in [1.54, 1.807) is 39.4 Å². The second-order valence-electron chi connectivity index (χ2n) is 7.89. The van der Waals surface area contributed by atoms with Gasteiger partial charge in [0.15, 0.2) is 5.78 Å². The molecule has 1 aliphatic heterocycles. The molecule has 1 N–H and O–H groups in total. The van der Waals surface area contributed by atoms with E-state index in [2.05, 4.69) is 0 Å². The van der Waals surface area contributed by atoms with Crippen LogP contribution in [0.1, 0.15) is 35.2 Å². The molecule has 0 radical (unpaired) electrons. The van der Waals surface area contributed by atoms with Crippen LogP contribution in [0, 0.1) is 0 Å². The van der Waals surface area contributed by atoms with Gasteiger partial charge in [-0.05, 0) is 37.0 Å². The van der Waals surface area contributed by atoms with Gasteiger partial charge in [-0.2, -0.15) is 13.2 Å². The number of ketones is 1. The number of anilines is 1. The second kappa shape index (κ2) is 11.0. The highest BCUT2D eigenvalue weighted by molar-refractivity contribution is 6.00. The summed E-state index contributed by atoms with van der Waals surface area (Å²) in [7, 11) is 1.53. The molecule has 0 aromatic heterocycles. The molecule has 1 fully saturated rings.